The number of esters is 4. The summed E-state index contributed by atoms with van der Waals surface area (Å²) in [6.07, 6.45) is 96.2. The molecule has 0 aliphatic rings. The number of aliphatic hydroxyl groups excluding tert-OH is 1. The second-order valence-electron chi connectivity index (χ2n) is 28.0. The van der Waals surface area contributed by atoms with Gasteiger partial charge in [-0.2, -0.15) is 0 Å². The van der Waals surface area contributed by atoms with E-state index >= 15 is 0 Å². The lowest BCUT2D eigenvalue weighted by atomic mass is 10.1. The van der Waals surface area contributed by atoms with Gasteiger partial charge in [0.1, 0.15) is 19.3 Å². The molecule has 0 heterocycles. The minimum atomic E-state index is -5.00. The third kappa shape index (κ3) is 80.7. The summed E-state index contributed by atoms with van der Waals surface area (Å²) in [4.78, 5) is 73.3. The molecule has 0 aromatic rings. The summed E-state index contributed by atoms with van der Waals surface area (Å²) in [5.74, 6) is -2.23. The van der Waals surface area contributed by atoms with Gasteiger partial charge in [-0.3, -0.25) is 37.3 Å². The molecule has 110 heavy (non-hydrogen) atoms. The van der Waals surface area contributed by atoms with E-state index in [0.717, 1.165) is 238 Å². The Hall–Kier alpha value is -5.32. The normalized spacial score (nSPS) is 14.6. The Labute approximate surface area is 668 Å². The summed E-state index contributed by atoms with van der Waals surface area (Å²) in [5.41, 5.74) is 0. The molecule has 19 heteroatoms. The lowest BCUT2D eigenvalue weighted by Crippen LogP contribution is -2.30. The Morgan fingerprint density at radius 2 is 0.491 bits per heavy atom. The van der Waals surface area contributed by atoms with Gasteiger partial charge in [-0.15, -0.1) is 0 Å². The quantitative estimate of drug-likeness (QED) is 0.0169. The number of hydrogen-bond donors (Lipinski definition) is 3. The molecule has 0 fully saturated rings. The lowest BCUT2D eigenvalue weighted by Gasteiger charge is -2.21. The molecule has 5 unspecified atom stereocenters. The van der Waals surface area contributed by atoms with Crippen LogP contribution in [0.1, 0.15) is 336 Å². The topological polar surface area (TPSA) is 237 Å². The Balaban J connectivity index is 5.41. The van der Waals surface area contributed by atoms with Crippen LogP contribution < -0.4 is 0 Å². The first-order chi connectivity index (χ1) is 53.7. The summed E-state index contributed by atoms with van der Waals surface area (Å²) in [5, 5.41) is 10.7. The first kappa shape index (κ1) is 105. The first-order valence-electron chi connectivity index (χ1n) is 42.7. The maximum Gasteiger partial charge on any atom is 0.472 e. The molecule has 628 valence electrons. The third-order valence-corrected chi connectivity index (χ3v) is 19.3. The van der Waals surface area contributed by atoms with Crippen LogP contribution in [0.25, 0.3) is 0 Å². The highest BCUT2D eigenvalue weighted by atomic mass is 31.2. The molecule has 0 spiro atoms. The van der Waals surface area contributed by atoms with E-state index in [0.29, 0.717) is 25.7 Å². The molecule has 0 rings (SSSR count). The number of allylic oxidation sites excluding steroid dienone is 26. The molecule has 0 aromatic heterocycles. The number of aliphatic hydroxyl groups is 1. The van der Waals surface area contributed by atoms with Crippen LogP contribution in [0.15, 0.2) is 158 Å². The maximum atomic E-state index is 13.1. The molecule has 0 radical (unpaired) electrons. The van der Waals surface area contributed by atoms with Gasteiger partial charge in [0.15, 0.2) is 12.2 Å². The van der Waals surface area contributed by atoms with E-state index in [-0.39, 0.29) is 25.7 Å². The molecule has 0 aliphatic heterocycles. The number of carbonyl (C=O) groups excluding carboxylic acids is 4. The molecule has 0 bridgehead atoms. The number of phosphoric ester groups is 2. The van der Waals surface area contributed by atoms with Crippen LogP contribution in [-0.4, -0.2) is 96.7 Å². The number of hydrogen-bond acceptors (Lipinski definition) is 15. The number of unbranched alkanes of at least 4 members (excludes halogenated alkanes) is 27. The molecular formula is C91H152O17P2. The Morgan fingerprint density at radius 1 is 0.264 bits per heavy atom. The van der Waals surface area contributed by atoms with Crippen molar-refractivity contribution in [3.8, 4) is 0 Å². The molecule has 17 nitrogen and oxygen atoms in total. The van der Waals surface area contributed by atoms with Crippen LogP contribution in [0.3, 0.4) is 0 Å². The van der Waals surface area contributed by atoms with E-state index in [9.17, 15) is 43.2 Å². The van der Waals surface area contributed by atoms with Gasteiger partial charge in [-0.1, -0.05) is 301 Å². The van der Waals surface area contributed by atoms with Gasteiger partial charge < -0.3 is 33.8 Å². The van der Waals surface area contributed by atoms with Gasteiger partial charge in [0.05, 0.1) is 26.4 Å². The Kier molecular flexibility index (Phi) is 77.7. The number of phosphoric acid groups is 2. The van der Waals surface area contributed by atoms with Crippen LogP contribution in [0, 0.1) is 0 Å². The standard InChI is InChI=1S/C91H152O17P2/c1-5-9-13-17-21-25-29-33-36-39-42-45-48-52-55-59-63-67-71-75-88(93)101-81-86(107-90(95)77-73-69-65-61-57-51-32-28-24-20-16-12-8-4)83-105-109(97,98)103-79-85(92)80-104-110(99,100)106-84-87(108-91(96)78-74-70-66-62-58-54-50-47-44-41-38-35-31-27-23-19-15-11-7-3)82-102-89(94)76-72-68-64-60-56-53-49-46-43-40-37-34-30-26-22-18-14-10-6-2/h10-11,14-16,20-23,25-28,32-38,42-47,85-87,92H,5-9,12-13,17-19,24,29-31,39-41,48-84H2,1-4H3,(H,97,98)(H,99,100)/b14-10-,15-11-,20-16-,25-21-,26-22-,27-23-,32-28-,36-33-,37-34-,38-35-,45-42-,46-43-,47-44-. The average Bonchev–Trinajstić information content (AvgIpc) is 0.900. The monoisotopic (exact) mass is 1580 g/mol. The largest absolute Gasteiger partial charge is 0.472 e. The van der Waals surface area contributed by atoms with Crippen molar-refractivity contribution in [2.45, 2.75) is 354 Å². The fraction of sp³-hybridized carbons (Fsp3) is 0.670. The van der Waals surface area contributed by atoms with E-state index in [2.05, 4.69) is 186 Å². The van der Waals surface area contributed by atoms with Crippen molar-refractivity contribution in [3.05, 3.63) is 158 Å². The van der Waals surface area contributed by atoms with Gasteiger partial charge >= 0.3 is 39.5 Å². The minimum absolute atomic E-state index is 0.0700. The summed E-state index contributed by atoms with van der Waals surface area (Å²) in [7, 11) is -9.99. The predicted octanol–water partition coefficient (Wildman–Crippen LogP) is 25.6. The van der Waals surface area contributed by atoms with Crippen molar-refractivity contribution in [1.82, 2.24) is 0 Å². The van der Waals surface area contributed by atoms with Crippen molar-refractivity contribution in [2.24, 2.45) is 0 Å². The Bertz CT molecular complexity index is 2700. The molecule has 0 aromatic carbocycles. The molecular weight excluding hydrogens is 1430 g/mol. The van der Waals surface area contributed by atoms with Gasteiger partial charge in [0.2, 0.25) is 0 Å². The highest BCUT2D eigenvalue weighted by Crippen LogP contribution is 2.45. The zero-order valence-electron chi connectivity index (χ0n) is 68.9. The first-order valence-corrected chi connectivity index (χ1v) is 45.7. The molecule has 0 saturated carbocycles. The minimum Gasteiger partial charge on any atom is -0.462 e. The number of carbonyl (C=O) groups is 4. The second-order valence-corrected chi connectivity index (χ2v) is 30.9. The zero-order valence-corrected chi connectivity index (χ0v) is 70.7. The summed E-state index contributed by atoms with van der Waals surface area (Å²) in [6, 6.07) is 0. The van der Waals surface area contributed by atoms with Crippen molar-refractivity contribution >= 4 is 39.5 Å². The van der Waals surface area contributed by atoms with Gasteiger partial charge in [-0.25, -0.2) is 9.13 Å². The zero-order chi connectivity index (χ0) is 80.3. The Morgan fingerprint density at radius 3 is 0.764 bits per heavy atom. The smallest absolute Gasteiger partial charge is 0.462 e. The van der Waals surface area contributed by atoms with Crippen molar-refractivity contribution < 1.29 is 80.2 Å². The van der Waals surface area contributed by atoms with Crippen LogP contribution >= 0.6 is 15.6 Å². The van der Waals surface area contributed by atoms with E-state index in [1.807, 2.05) is 0 Å². The second kappa shape index (κ2) is 81.7. The fourth-order valence-electron chi connectivity index (χ4n) is 11.0. The lowest BCUT2D eigenvalue weighted by molar-refractivity contribution is -0.161. The van der Waals surface area contributed by atoms with Gasteiger partial charge in [0.25, 0.3) is 0 Å². The van der Waals surface area contributed by atoms with Gasteiger partial charge in [0, 0.05) is 25.7 Å². The van der Waals surface area contributed by atoms with Gasteiger partial charge in [-0.05, 0) is 167 Å². The van der Waals surface area contributed by atoms with E-state index in [1.165, 1.54) is 19.3 Å². The molecule has 5 atom stereocenters. The average molecular weight is 1580 g/mol. The van der Waals surface area contributed by atoms with Crippen LogP contribution in [0.2, 0.25) is 0 Å². The molecule has 0 saturated heterocycles. The summed E-state index contributed by atoms with van der Waals surface area (Å²) < 4.78 is 68.8. The molecule has 0 aliphatic carbocycles. The highest BCUT2D eigenvalue weighted by Gasteiger charge is 2.30. The van der Waals surface area contributed by atoms with Crippen molar-refractivity contribution in [2.75, 3.05) is 39.6 Å². The SMILES string of the molecule is CC/C=C\C/C=C\C/C=C\C/C=C\CCCCCCCCC(=O)OCC(COP(=O)(O)OCC(O)COP(=O)(O)OCC(COC(=O)CCCCCCCC/C=C\C/C=C\C/C=C\CCCCC)OC(=O)CCCCCCC/C=C\C/C=C\CCC)OC(=O)CCCCCCCC/C=C\C/C=C\C/C=C\C/C=C\CC. The van der Waals surface area contributed by atoms with E-state index in [1.54, 1.807) is 0 Å². The van der Waals surface area contributed by atoms with E-state index in [4.69, 9.17) is 37.0 Å². The highest BCUT2D eigenvalue weighted by molar-refractivity contribution is 7.47. The summed E-state index contributed by atoms with van der Waals surface area (Å²) >= 11 is 0. The predicted molar refractivity (Wildman–Crippen MR) is 454 cm³/mol. The fourth-order valence-corrected chi connectivity index (χ4v) is 12.6. The van der Waals surface area contributed by atoms with Crippen LogP contribution in [-0.2, 0) is 65.4 Å². The van der Waals surface area contributed by atoms with E-state index < -0.39 is 97.5 Å². The molecule has 0 amide bonds. The summed E-state index contributed by atoms with van der Waals surface area (Å²) in [6.45, 7) is 4.52. The number of rotatable bonds is 79. The van der Waals surface area contributed by atoms with Crippen molar-refractivity contribution in [1.29, 1.82) is 0 Å². The van der Waals surface area contributed by atoms with Crippen LogP contribution in [0.4, 0.5) is 0 Å². The maximum absolute atomic E-state index is 13.1. The molecule has 3 N–H and O–H groups in total. The van der Waals surface area contributed by atoms with Crippen LogP contribution in [0.5, 0.6) is 0 Å². The van der Waals surface area contributed by atoms with Crippen molar-refractivity contribution in [3.63, 3.8) is 0 Å². The third-order valence-electron chi connectivity index (χ3n) is 17.4. The number of ether oxygens (including phenoxy) is 4.